The molecule has 158 valence electrons. The van der Waals surface area contributed by atoms with Gasteiger partial charge in [-0.15, -0.1) is 0 Å². The molecule has 0 saturated carbocycles. The van der Waals surface area contributed by atoms with E-state index in [1.807, 2.05) is 15.6 Å². The first-order valence-electron chi connectivity index (χ1n) is 10.1. The Morgan fingerprint density at radius 2 is 1.84 bits per heavy atom. The summed E-state index contributed by atoms with van der Waals surface area (Å²) in [6.45, 7) is 1.37. The van der Waals surface area contributed by atoms with Crippen molar-refractivity contribution in [3.8, 4) is 11.5 Å². The highest BCUT2D eigenvalue weighted by molar-refractivity contribution is 6.04. The topological polar surface area (TPSA) is 98.6 Å². The zero-order valence-corrected chi connectivity index (χ0v) is 16.7. The first kappa shape index (κ1) is 19.1. The van der Waals surface area contributed by atoms with Gasteiger partial charge >= 0.3 is 0 Å². The van der Waals surface area contributed by atoms with Crippen LogP contribution in [0.15, 0.2) is 54.9 Å². The van der Waals surface area contributed by atoms with E-state index in [2.05, 4.69) is 15.4 Å². The van der Waals surface area contributed by atoms with Crippen LogP contribution < -0.4 is 14.8 Å². The molecule has 9 heteroatoms. The molecule has 0 radical (unpaired) electrons. The SMILES string of the molecule is O=C(Nc1ccnn1C1CCN(C(=O)c2ccccn2)CC1)c1ccc2c(c1)OCO2. The minimum atomic E-state index is -0.247. The summed E-state index contributed by atoms with van der Waals surface area (Å²) in [4.78, 5) is 31.3. The Bertz CT molecular complexity index is 1110. The number of fused-ring (bicyclic) bond motifs is 1. The van der Waals surface area contributed by atoms with Crippen molar-refractivity contribution in [3.63, 3.8) is 0 Å². The lowest BCUT2D eigenvalue weighted by Gasteiger charge is -2.32. The molecule has 9 nitrogen and oxygen atoms in total. The summed E-state index contributed by atoms with van der Waals surface area (Å²) in [6, 6.07) is 12.3. The average Bonchev–Trinajstić information content (AvgIpc) is 3.48. The maximum atomic E-state index is 12.7. The Hall–Kier alpha value is -3.88. The minimum Gasteiger partial charge on any atom is -0.454 e. The number of hydrogen-bond donors (Lipinski definition) is 1. The Labute approximate surface area is 178 Å². The number of ether oxygens (including phenoxy) is 2. The first-order valence-corrected chi connectivity index (χ1v) is 10.1. The number of rotatable bonds is 4. The van der Waals surface area contributed by atoms with Crippen LogP contribution in [0.3, 0.4) is 0 Å². The van der Waals surface area contributed by atoms with Gasteiger partial charge in [-0.1, -0.05) is 6.07 Å². The van der Waals surface area contributed by atoms with Gasteiger partial charge in [-0.05, 0) is 43.2 Å². The Morgan fingerprint density at radius 1 is 1.00 bits per heavy atom. The standard InChI is InChI=1S/C22H21N5O4/c28-21(15-4-5-18-19(13-15)31-14-30-18)25-20-6-10-24-27(20)16-7-11-26(12-8-16)22(29)17-3-1-2-9-23-17/h1-6,9-10,13,16H,7-8,11-12,14H2,(H,25,28). The largest absolute Gasteiger partial charge is 0.454 e. The number of nitrogens with zero attached hydrogens (tertiary/aromatic N) is 4. The molecule has 0 unspecified atom stereocenters. The maximum absolute atomic E-state index is 12.7. The number of carbonyl (C=O) groups is 2. The van der Waals surface area contributed by atoms with Crippen LogP contribution in [0.4, 0.5) is 5.82 Å². The molecule has 4 heterocycles. The van der Waals surface area contributed by atoms with Crippen molar-refractivity contribution in [1.29, 1.82) is 0 Å². The van der Waals surface area contributed by atoms with Crippen molar-refractivity contribution in [2.75, 3.05) is 25.2 Å². The fraction of sp³-hybridized carbons (Fsp3) is 0.273. The third kappa shape index (κ3) is 3.81. The van der Waals surface area contributed by atoms with Crippen molar-refractivity contribution in [2.24, 2.45) is 0 Å². The lowest BCUT2D eigenvalue weighted by atomic mass is 10.0. The number of aromatic nitrogens is 3. The highest BCUT2D eigenvalue weighted by Crippen LogP contribution is 2.33. The van der Waals surface area contributed by atoms with Gasteiger partial charge in [0.15, 0.2) is 11.5 Å². The lowest BCUT2D eigenvalue weighted by Crippen LogP contribution is -2.39. The number of carbonyl (C=O) groups excluding carboxylic acids is 2. The molecule has 0 spiro atoms. The molecule has 5 rings (SSSR count). The molecular weight excluding hydrogens is 398 g/mol. The van der Waals surface area contributed by atoms with Crippen LogP contribution in [0.1, 0.15) is 39.7 Å². The highest BCUT2D eigenvalue weighted by Gasteiger charge is 2.27. The van der Waals surface area contributed by atoms with E-state index in [1.165, 1.54) is 0 Å². The van der Waals surface area contributed by atoms with Crippen LogP contribution in [-0.4, -0.2) is 51.4 Å². The quantitative estimate of drug-likeness (QED) is 0.698. The minimum absolute atomic E-state index is 0.0594. The second kappa shape index (κ2) is 8.10. The third-order valence-corrected chi connectivity index (χ3v) is 5.53. The summed E-state index contributed by atoms with van der Waals surface area (Å²) in [5.41, 5.74) is 0.935. The van der Waals surface area contributed by atoms with Crippen LogP contribution in [0.2, 0.25) is 0 Å². The van der Waals surface area contributed by atoms with Gasteiger partial charge in [0.05, 0.1) is 12.2 Å². The van der Waals surface area contributed by atoms with Gasteiger partial charge in [0.1, 0.15) is 11.5 Å². The maximum Gasteiger partial charge on any atom is 0.272 e. The smallest absolute Gasteiger partial charge is 0.272 e. The van der Waals surface area contributed by atoms with E-state index in [1.54, 1.807) is 48.8 Å². The molecule has 1 N–H and O–H groups in total. The number of anilines is 1. The second-order valence-electron chi connectivity index (χ2n) is 7.42. The van der Waals surface area contributed by atoms with Crippen LogP contribution in [0.5, 0.6) is 11.5 Å². The molecule has 3 aromatic rings. The number of pyridine rings is 1. The molecule has 0 atom stereocenters. The van der Waals surface area contributed by atoms with Crippen LogP contribution in [0.25, 0.3) is 0 Å². The molecule has 2 aromatic heterocycles. The summed E-state index contributed by atoms with van der Waals surface area (Å²) < 4.78 is 12.5. The van der Waals surface area contributed by atoms with Gasteiger partial charge in [-0.2, -0.15) is 5.10 Å². The fourth-order valence-corrected chi connectivity index (χ4v) is 3.90. The molecule has 31 heavy (non-hydrogen) atoms. The highest BCUT2D eigenvalue weighted by atomic mass is 16.7. The molecule has 1 saturated heterocycles. The predicted octanol–water partition coefficient (Wildman–Crippen LogP) is 2.74. The van der Waals surface area contributed by atoms with Crippen molar-refractivity contribution in [1.82, 2.24) is 19.7 Å². The molecule has 0 bridgehead atoms. The van der Waals surface area contributed by atoms with Crippen LogP contribution in [-0.2, 0) is 0 Å². The predicted molar refractivity (Wildman–Crippen MR) is 111 cm³/mol. The monoisotopic (exact) mass is 419 g/mol. The van der Waals surface area contributed by atoms with E-state index in [-0.39, 0.29) is 24.6 Å². The van der Waals surface area contributed by atoms with Gasteiger partial charge in [-0.25, -0.2) is 4.68 Å². The van der Waals surface area contributed by atoms with E-state index in [4.69, 9.17) is 9.47 Å². The van der Waals surface area contributed by atoms with Gasteiger partial charge in [0.25, 0.3) is 11.8 Å². The van der Waals surface area contributed by atoms with Crippen molar-refractivity contribution in [2.45, 2.75) is 18.9 Å². The summed E-state index contributed by atoms with van der Waals surface area (Å²) in [6.07, 6.45) is 4.78. The lowest BCUT2D eigenvalue weighted by molar-refractivity contribution is 0.0685. The average molecular weight is 419 g/mol. The zero-order valence-electron chi connectivity index (χ0n) is 16.7. The van der Waals surface area contributed by atoms with Crippen molar-refractivity contribution >= 4 is 17.6 Å². The van der Waals surface area contributed by atoms with Gasteiger partial charge < -0.3 is 19.7 Å². The van der Waals surface area contributed by atoms with Crippen molar-refractivity contribution in [3.05, 3.63) is 66.1 Å². The zero-order chi connectivity index (χ0) is 21.2. The molecule has 2 aliphatic rings. The Morgan fingerprint density at radius 3 is 2.65 bits per heavy atom. The Kier molecular flexibility index (Phi) is 4.99. The summed E-state index contributed by atoms with van der Waals surface area (Å²) in [5, 5.41) is 7.34. The molecule has 1 fully saturated rings. The molecule has 0 aliphatic carbocycles. The van der Waals surface area contributed by atoms with Crippen LogP contribution in [0, 0.1) is 0 Å². The van der Waals surface area contributed by atoms with E-state index in [0.717, 1.165) is 12.8 Å². The van der Waals surface area contributed by atoms with Gasteiger partial charge in [-0.3, -0.25) is 14.6 Å². The van der Waals surface area contributed by atoms with Crippen molar-refractivity contribution < 1.29 is 19.1 Å². The molecule has 1 aromatic carbocycles. The summed E-state index contributed by atoms with van der Waals surface area (Å²) in [7, 11) is 0. The molecule has 2 aliphatic heterocycles. The third-order valence-electron chi connectivity index (χ3n) is 5.53. The first-order chi connectivity index (χ1) is 15.2. The number of amides is 2. The normalized spacial score (nSPS) is 15.7. The van der Waals surface area contributed by atoms with Crippen LogP contribution >= 0.6 is 0 Å². The Balaban J connectivity index is 1.24. The number of piperidine rings is 1. The van der Waals surface area contributed by atoms with Gasteiger partial charge in [0.2, 0.25) is 6.79 Å². The number of nitrogens with one attached hydrogen (secondary N) is 1. The van der Waals surface area contributed by atoms with E-state index < -0.39 is 0 Å². The second-order valence-corrected chi connectivity index (χ2v) is 7.42. The summed E-state index contributed by atoms with van der Waals surface area (Å²) in [5.74, 6) is 1.51. The van der Waals surface area contributed by atoms with E-state index in [0.29, 0.717) is 41.7 Å². The molecule has 2 amide bonds. The van der Waals surface area contributed by atoms with E-state index in [9.17, 15) is 9.59 Å². The fourth-order valence-electron chi connectivity index (χ4n) is 3.90. The van der Waals surface area contributed by atoms with Gasteiger partial charge in [0, 0.05) is 30.9 Å². The molecular formula is C22H21N5O4. The van der Waals surface area contributed by atoms with E-state index >= 15 is 0 Å². The number of benzene rings is 1. The number of hydrogen-bond acceptors (Lipinski definition) is 6. The number of likely N-dealkylation sites (tertiary alicyclic amines) is 1. The summed E-state index contributed by atoms with van der Waals surface area (Å²) >= 11 is 0.